The van der Waals surface area contributed by atoms with Crippen molar-refractivity contribution in [1.29, 1.82) is 5.26 Å². The highest BCUT2D eigenvalue weighted by Crippen LogP contribution is 2.34. The SMILES string of the molecule is COc1cc(F)ccc1ON(C(=O)c1cccnc1C(F)(F)F)c1cccc(C#N)c1. The summed E-state index contributed by atoms with van der Waals surface area (Å²) < 4.78 is 58.8. The lowest BCUT2D eigenvalue weighted by atomic mass is 10.1. The summed E-state index contributed by atoms with van der Waals surface area (Å²) in [5.74, 6) is -2.10. The molecule has 0 saturated carbocycles. The molecular weight excluding hydrogens is 418 g/mol. The summed E-state index contributed by atoms with van der Waals surface area (Å²) >= 11 is 0. The van der Waals surface area contributed by atoms with Crippen LogP contribution in [-0.2, 0) is 6.18 Å². The fourth-order valence-electron chi connectivity index (χ4n) is 2.64. The number of carbonyl (C=O) groups is 1. The Hall–Kier alpha value is -4.13. The van der Waals surface area contributed by atoms with Gasteiger partial charge in [0.2, 0.25) is 0 Å². The number of carbonyl (C=O) groups excluding carboxylic acids is 1. The number of hydrogen-bond acceptors (Lipinski definition) is 5. The molecule has 2 aromatic carbocycles. The summed E-state index contributed by atoms with van der Waals surface area (Å²) in [5.41, 5.74) is -2.09. The number of rotatable bonds is 5. The van der Waals surface area contributed by atoms with Gasteiger partial charge in [0.1, 0.15) is 5.82 Å². The summed E-state index contributed by atoms with van der Waals surface area (Å²) in [6.45, 7) is 0. The molecule has 0 N–H and O–H groups in total. The summed E-state index contributed by atoms with van der Waals surface area (Å²) in [5, 5.41) is 9.70. The van der Waals surface area contributed by atoms with Gasteiger partial charge in [0, 0.05) is 12.3 Å². The van der Waals surface area contributed by atoms with E-state index in [4.69, 9.17) is 14.8 Å². The fraction of sp³-hybridized carbons (Fsp3) is 0.0952. The van der Waals surface area contributed by atoms with E-state index < -0.39 is 29.2 Å². The Labute approximate surface area is 173 Å². The standard InChI is InChI=1S/C21H13F4N3O3/c1-30-18-11-14(22)7-8-17(18)31-28(15-5-2-4-13(10-15)12-26)20(29)16-6-3-9-27-19(16)21(23,24)25/h2-11H,1H3. The maximum atomic E-state index is 13.5. The van der Waals surface area contributed by atoms with Crippen LogP contribution < -0.4 is 14.6 Å². The number of alkyl halides is 3. The van der Waals surface area contributed by atoms with Crippen molar-refractivity contribution in [3.05, 3.63) is 83.4 Å². The van der Waals surface area contributed by atoms with Crippen molar-refractivity contribution >= 4 is 11.6 Å². The predicted octanol–water partition coefficient (Wildman–Crippen LogP) is 4.76. The Kier molecular flexibility index (Phi) is 6.06. The minimum atomic E-state index is -4.90. The van der Waals surface area contributed by atoms with E-state index in [1.807, 2.05) is 6.07 Å². The van der Waals surface area contributed by atoms with Crippen LogP contribution in [0.1, 0.15) is 21.6 Å². The Balaban J connectivity index is 2.14. The van der Waals surface area contributed by atoms with E-state index in [1.54, 1.807) is 0 Å². The quantitative estimate of drug-likeness (QED) is 0.430. The Morgan fingerprint density at radius 3 is 2.55 bits per heavy atom. The van der Waals surface area contributed by atoms with Gasteiger partial charge in [0.15, 0.2) is 17.2 Å². The van der Waals surface area contributed by atoms with Crippen LogP contribution in [0.5, 0.6) is 11.5 Å². The van der Waals surface area contributed by atoms with Crippen molar-refractivity contribution < 1.29 is 31.9 Å². The van der Waals surface area contributed by atoms with E-state index in [2.05, 4.69) is 4.98 Å². The number of aromatic nitrogens is 1. The molecule has 1 aromatic heterocycles. The van der Waals surface area contributed by atoms with E-state index >= 15 is 0 Å². The topological polar surface area (TPSA) is 75.5 Å². The lowest BCUT2D eigenvalue weighted by molar-refractivity contribution is -0.141. The van der Waals surface area contributed by atoms with Crippen molar-refractivity contribution in [3.63, 3.8) is 0 Å². The zero-order chi connectivity index (χ0) is 22.6. The molecule has 31 heavy (non-hydrogen) atoms. The van der Waals surface area contributed by atoms with Gasteiger partial charge >= 0.3 is 6.18 Å². The number of ether oxygens (including phenoxy) is 1. The molecule has 0 saturated heterocycles. The summed E-state index contributed by atoms with van der Waals surface area (Å²) in [6.07, 6.45) is -4.00. The van der Waals surface area contributed by atoms with Gasteiger partial charge in [-0.2, -0.15) is 18.4 Å². The lowest BCUT2D eigenvalue weighted by Gasteiger charge is -2.24. The summed E-state index contributed by atoms with van der Waals surface area (Å²) in [6, 6.07) is 12.6. The van der Waals surface area contributed by atoms with Gasteiger partial charge in [-0.25, -0.2) is 4.39 Å². The number of benzene rings is 2. The van der Waals surface area contributed by atoms with Crippen LogP contribution in [0.3, 0.4) is 0 Å². The molecule has 6 nitrogen and oxygen atoms in total. The number of halogens is 4. The van der Waals surface area contributed by atoms with Crippen molar-refractivity contribution in [2.45, 2.75) is 6.18 Å². The highest BCUT2D eigenvalue weighted by atomic mass is 19.4. The first kappa shape index (κ1) is 21.6. The molecule has 158 valence electrons. The largest absolute Gasteiger partial charge is 0.493 e. The van der Waals surface area contributed by atoms with Crippen LogP contribution >= 0.6 is 0 Å². The average molecular weight is 431 g/mol. The van der Waals surface area contributed by atoms with E-state index in [1.165, 1.54) is 37.4 Å². The third kappa shape index (κ3) is 4.72. The average Bonchev–Trinajstić information content (AvgIpc) is 2.77. The van der Waals surface area contributed by atoms with Crippen molar-refractivity contribution in [3.8, 4) is 17.6 Å². The van der Waals surface area contributed by atoms with Crippen LogP contribution in [0.2, 0.25) is 0 Å². The predicted molar refractivity (Wildman–Crippen MR) is 101 cm³/mol. The molecule has 0 aliphatic heterocycles. The highest BCUT2D eigenvalue weighted by molar-refractivity contribution is 6.05. The molecule has 0 bridgehead atoms. The molecule has 1 heterocycles. The number of hydroxylamine groups is 1. The molecule has 3 rings (SSSR count). The Bertz CT molecular complexity index is 1160. The molecule has 0 atom stereocenters. The summed E-state index contributed by atoms with van der Waals surface area (Å²) in [4.78, 5) is 22.0. The van der Waals surface area contributed by atoms with Gasteiger partial charge < -0.3 is 9.57 Å². The molecule has 3 aromatic rings. The monoisotopic (exact) mass is 431 g/mol. The minimum Gasteiger partial charge on any atom is -0.493 e. The molecule has 10 heteroatoms. The van der Waals surface area contributed by atoms with Crippen molar-refractivity contribution in [1.82, 2.24) is 4.98 Å². The van der Waals surface area contributed by atoms with E-state index in [-0.39, 0.29) is 22.7 Å². The summed E-state index contributed by atoms with van der Waals surface area (Å²) in [7, 11) is 1.23. The minimum absolute atomic E-state index is 0.0348. The van der Waals surface area contributed by atoms with Crippen LogP contribution in [0, 0.1) is 17.1 Å². The zero-order valence-electron chi connectivity index (χ0n) is 15.9. The number of anilines is 1. The van der Waals surface area contributed by atoms with E-state index in [0.717, 1.165) is 30.5 Å². The van der Waals surface area contributed by atoms with Crippen LogP contribution in [0.4, 0.5) is 23.2 Å². The van der Waals surface area contributed by atoms with Gasteiger partial charge in [-0.1, -0.05) is 6.07 Å². The first-order valence-corrected chi connectivity index (χ1v) is 8.63. The van der Waals surface area contributed by atoms with Crippen LogP contribution in [-0.4, -0.2) is 18.0 Å². The number of amides is 1. The third-order valence-corrected chi connectivity index (χ3v) is 4.02. The highest BCUT2D eigenvalue weighted by Gasteiger charge is 2.39. The van der Waals surface area contributed by atoms with Crippen LogP contribution in [0.15, 0.2) is 60.8 Å². The van der Waals surface area contributed by atoms with E-state index in [0.29, 0.717) is 5.06 Å². The smallest absolute Gasteiger partial charge is 0.434 e. The zero-order valence-corrected chi connectivity index (χ0v) is 15.9. The van der Waals surface area contributed by atoms with Crippen molar-refractivity contribution in [2.24, 2.45) is 0 Å². The van der Waals surface area contributed by atoms with E-state index in [9.17, 15) is 22.4 Å². The van der Waals surface area contributed by atoms with Crippen LogP contribution in [0.25, 0.3) is 0 Å². The first-order chi connectivity index (χ1) is 14.7. The van der Waals surface area contributed by atoms with Gasteiger partial charge in [0.05, 0.1) is 30.0 Å². The Morgan fingerprint density at radius 2 is 1.87 bits per heavy atom. The molecule has 1 amide bonds. The van der Waals surface area contributed by atoms with Gasteiger partial charge in [-0.05, 0) is 42.5 Å². The molecule has 0 radical (unpaired) electrons. The molecule has 0 fully saturated rings. The number of hydrogen-bond donors (Lipinski definition) is 0. The van der Waals surface area contributed by atoms with Gasteiger partial charge in [-0.15, -0.1) is 5.06 Å². The second-order valence-electron chi connectivity index (χ2n) is 6.05. The lowest BCUT2D eigenvalue weighted by Crippen LogP contribution is -2.36. The number of methoxy groups -OCH3 is 1. The normalized spacial score (nSPS) is 10.8. The first-order valence-electron chi connectivity index (χ1n) is 8.63. The second-order valence-corrected chi connectivity index (χ2v) is 6.05. The molecule has 0 unspecified atom stereocenters. The molecule has 0 aliphatic rings. The number of pyridine rings is 1. The fourth-order valence-corrected chi connectivity index (χ4v) is 2.64. The third-order valence-electron chi connectivity index (χ3n) is 4.02. The van der Waals surface area contributed by atoms with Gasteiger partial charge in [0.25, 0.3) is 5.91 Å². The molecular formula is C21H13F4N3O3. The van der Waals surface area contributed by atoms with Gasteiger partial charge in [-0.3, -0.25) is 9.78 Å². The second kappa shape index (κ2) is 8.71. The maximum absolute atomic E-state index is 13.5. The molecule has 0 aliphatic carbocycles. The maximum Gasteiger partial charge on any atom is 0.434 e. The number of nitrogens with zero attached hydrogens (tertiary/aromatic N) is 3. The molecule has 0 spiro atoms. The Morgan fingerprint density at radius 1 is 1.10 bits per heavy atom. The van der Waals surface area contributed by atoms with Crippen molar-refractivity contribution in [2.75, 3.05) is 12.2 Å². The number of nitriles is 1.